The fraction of sp³-hybridized carbons (Fsp3) is 0.200. The maximum absolute atomic E-state index is 11.9. The molecule has 0 aliphatic carbocycles. The van der Waals surface area contributed by atoms with Gasteiger partial charge in [-0.25, -0.2) is 4.79 Å². The molecule has 0 radical (unpaired) electrons. The SMILES string of the molecule is CNC(=O)N(C)C(=O)c1ccc(I)c([N+](=O)[O-])c1. The number of benzene rings is 1. The average molecular weight is 363 g/mol. The molecule has 0 spiro atoms. The van der Waals surface area contributed by atoms with Gasteiger partial charge in [0.15, 0.2) is 0 Å². The molecule has 1 rings (SSSR count). The summed E-state index contributed by atoms with van der Waals surface area (Å²) < 4.78 is 0.428. The molecule has 18 heavy (non-hydrogen) atoms. The Kier molecular flexibility index (Phi) is 4.59. The molecule has 0 saturated heterocycles. The second-order valence-corrected chi connectivity index (χ2v) is 4.50. The predicted molar refractivity (Wildman–Crippen MR) is 72.4 cm³/mol. The van der Waals surface area contributed by atoms with Gasteiger partial charge in [-0.1, -0.05) is 0 Å². The molecule has 0 bridgehead atoms. The first-order valence-corrected chi connectivity index (χ1v) is 5.90. The Hall–Kier alpha value is -1.71. The highest BCUT2D eigenvalue weighted by molar-refractivity contribution is 14.1. The maximum atomic E-state index is 11.9. The van der Waals surface area contributed by atoms with Crippen LogP contribution in [0.15, 0.2) is 18.2 Å². The van der Waals surface area contributed by atoms with Crippen LogP contribution in [0.1, 0.15) is 10.4 Å². The number of imide groups is 1. The lowest BCUT2D eigenvalue weighted by Gasteiger charge is -2.14. The smallest absolute Gasteiger partial charge is 0.323 e. The molecule has 0 unspecified atom stereocenters. The van der Waals surface area contributed by atoms with Crippen LogP contribution in [0.25, 0.3) is 0 Å². The zero-order valence-corrected chi connectivity index (χ0v) is 11.8. The Balaban J connectivity index is 3.11. The van der Waals surface area contributed by atoms with Gasteiger partial charge in [0.25, 0.3) is 11.6 Å². The van der Waals surface area contributed by atoms with Crippen LogP contribution in [0.4, 0.5) is 10.5 Å². The Morgan fingerprint density at radius 1 is 1.44 bits per heavy atom. The van der Waals surface area contributed by atoms with Crippen LogP contribution in [-0.4, -0.2) is 35.9 Å². The minimum atomic E-state index is -0.603. The third kappa shape index (κ3) is 2.94. The third-order valence-electron chi connectivity index (χ3n) is 2.21. The van der Waals surface area contributed by atoms with Gasteiger partial charge in [-0.3, -0.25) is 19.8 Å². The summed E-state index contributed by atoms with van der Waals surface area (Å²) in [6.07, 6.45) is 0. The summed E-state index contributed by atoms with van der Waals surface area (Å²) in [7, 11) is 2.69. The van der Waals surface area contributed by atoms with Crippen molar-refractivity contribution in [2.24, 2.45) is 0 Å². The van der Waals surface area contributed by atoms with Gasteiger partial charge in [0.2, 0.25) is 0 Å². The fourth-order valence-electron chi connectivity index (χ4n) is 1.24. The number of carbonyl (C=O) groups excluding carboxylic acids is 2. The molecule has 0 heterocycles. The van der Waals surface area contributed by atoms with Crippen molar-refractivity contribution in [1.29, 1.82) is 0 Å². The number of hydrogen-bond acceptors (Lipinski definition) is 4. The monoisotopic (exact) mass is 363 g/mol. The van der Waals surface area contributed by atoms with Crippen LogP contribution >= 0.6 is 22.6 Å². The first-order chi connectivity index (χ1) is 8.38. The van der Waals surface area contributed by atoms with E-state index in [-0.39, 0.29) is 11.3 Å². The topological polar surface area (TPSA) is 92.6 Å². The van der Waals surface area contributed by atoms with E-state index in [1.54, 1.807) is 0 Å². The summed E-state index contributed by atoms with van der Waals surface area (Å²) in [5.74, 6) is -0.603. The van der Waals surface area contributed by atoms with E-state index in [4.69, 9.17) is 0 Å². The van der Waals surface area contributed by atoms with Crippen molar-refractivity contribution in [2.45, 2.75) is 0 Å². The van der Waals surface area contributed by atoms with Gasteiger partial charge in [-0.05, 0) is 34.7 Å². The van der Waals surface area contributed by atoms with E-state index in [2.05, 4.69) is 5.32 Å². The quantitative estimate of drug-likeness (QED) is 0.491. The van der Waals surface area contributed by atoms with Gasteiger partial charge in [0.05, 0.1) is 8.49 Å². The Morgan fingerprint density at radius 2 is 2.06 bits per heavy atom. The summed E-state index contributed by atoms with van der Waals surface area (Å²) in [5.41, 5.74) is -0.0695. The number of nitro benzene ring substituents is 1. The average Bonchev–Trinajstić information content (AvgIpc) is 2.36. The zero-order valence-electron chi connectivity index (χ0n) is 9.64. The summed E-state index contributed by atoms with van der Waals surface area (Å²) in [5, 5.41) is 13.0. The Labute approximate surface area is 116 Å². The van der Waals surface area contributed by atoms with Gasteiger partial charge in [-0.15, -0.1) is 0 Å². The summed E-state index contributed by atoms with van der Waals surface area (Å²) in [6.45, 7) is 0. The number of carbonyl (C=O) groups is 2. The second-order valence-electron chi connectivity index (χ2n) is 3.34. The van der Waals surface area contributed by atoms with E-state index in [9.17, 15) is 19.7 Å². The van der Waals surface area contributed by atoms with E-state index in [0.717, 1.165) is 11.0 Å². The Bertz CT molecular complexity index is 518. The number of nitro groups is 1. The van der Waals surface area contributed by atoms with Crippen LogP contribution in [0.2, 0.25) is 0 Å². The molecule has 0 aliphatic heterocycles. The summed E-state index contributed by atoms with van der Waals surface area (Å²) >= 11 is 1.81. The first kappa shape index (κ1) is 14.4. The molecule has 0 atom stereocenters. The molecule has 7 nitrogen and oxygen atoms in total. The summed E-state index contributed by atoms with van der Waals surface area (Å²) in [4.78, 5) is 34.2. The van der Waals surface area contributed by atoms with Crippen molar-refractivity contribution >= 4 is 40.2 Å². The maximum Gasteiger partial charge on any atom is 0.323 e. The van der Waals surface area contributed by atoms with Gasteiger partial charge < -0.3 is 5.32 Å². The van der Waals surface area contributed by atoms with Crippen LogP contribution in [0.5, 0.6) is 0 Å². The van der Waals surface area contributed by atoms with Crippen LogP contribution < -0.4 is 5.32 Å². The molecule has 3 amide bonds. The van der Waals surface area contributed by atoms with Crippen molar-refractivity contribution in [1.82, 2.24) is 10.2 Å². The van der Waals surface area contributed by atoms with Gasteiger partial charge in [0.1, 0.15) is 0 Å². The van der Waals surface area contributed by atoms with Crippen molar-refractivity contribution < 1.29 is 14.5 Å². The molecule has 1 aromatic rings. The Morgan fingerprint density at radius 3 is 2.56 bits per heavy atom. The number of urea groups is 1. The number of amides is 3. The van der Waals surface area contributed by atoms with E-state index in [1.807, 2.05) is 22.6 Å². The van der Waals surface area contributed by atoms with E-state index >= 15 is 0 Å². The number of nitrogens with zero attached hydrogens (tertiary/aromatic N) is 2. The van der Waals surface area contributed by atoms with Crippen molar-refractivity contribution in [2.75, 3.05) is 14.1 Å². The van der Waals surface area contributed by atoms with Gasteiger partial charge >= 0.3 is 6.03 Å². The van der Waals surface area contributed by atoms with E-state index in [1.165, 1.54) is 26.2 Å². The molecule has 0 aliphatic rings. The highest BCUT2D eigenvalue weighted by atomic mass is 127. The lowest BCUT2D eigenvalue weighted by atomic mass is 10.2. The highest BCUT2D eigenvalue weighted by Crippen LogP contribution is 2.22. The van der Waals surface area contributed by atoms with Crippen molar-refractivity contribution in [3.63, 3.8) is 0 Å². The van der Waals surface area contributed by atoms with Crippen molar-refractivity contribution in [3.05, 3.63) is 37.4 Å². The minimum Gasteiger partial charge on any atom is -0.341 e. The second kappa shape index (κ2) is 5.76. The lowest BCUT2D eigenvalue weighted by Crippen LogP contribution is -2.39. The van der Waals surface area contributed by atoms with Crippen LogP contribution in [-0.2, 0) is 0 Å². The minimum absolute atomic E-state index is 0.0909. The molecule has 0 fully saturated rings. The van der Waals surface area contributed by atoms with Crippen LogP contribution in [0.3, 0.4) is 0 Å². The molecular formula is C10H10IN3O4. The molecule has 96 valence electrons. The number of hydrogen-bond donors (Lipinski definition) is 1. The zero-order chi connectivity index (χ0) is 13.9. The standard InChI is InChI=1S/C10H10IN3O4/c1-12-10(16)13(2)9(15)6-3-4-7(11)8(5-6)14(17)18/h3-5H,1-2H3,(H,12,16). The molecule has 1 aromatic carbocycles. The molecular weight excluding hydrogens is 353 g/mol. The number of halogens is 1. The molecule has 8 heteroatoms. The first-order valence-electron chi connectivity index (χ1n) is 4.82. The molecule has 0 aromatic heterocycles. The van der Waals surface area contributed by atoms with Crippen LogP contribution in [0, 0.1) is 13.7 Å². The largest absolute Gasteiger partial charge is 0.341 e. The highest BCUT2D eigenvalue weighted by Gasteiger charge is 2.21. The fourth-order valence-corrected chi connectivity index (χ4v) is 1.77. The van der Waals surface area contributed by atoms with Crippen molar-refractivity contribution in [3.8, 4) is 0 Å². The van der Waals surface area contributed by atoms with Gasteiger partial charge in [0, 0.05) is 25.7 Å². The number of nitrogens with one attached hydrogen (secondary N) is 1. The van der Waals surface area contributed by atoms with E-state index < -0.39 is 16.9 Å². The van der Waals surface area contributed by atoms with Gasteiger partial charge in [-0.2, -0.15) is 0 Å². The third-order valence-corrected chi connectivity index (χ3v) is 3.13. The lowest BCUT2D eigenvalue weighted by molar-refractivity contribution is -0.385. The van der Waals surface area contributed by atoms with E-state index in [0.29, 0.717) is 3.57 Å². The normalized spacial score (nSPS) is 9.72. The summed E-state index contributed by atoms with van der Waals surface area (Å²) in [6, 6.07) is 3.48. The molecule has 0 saturated carbocycles. The number of rotatable bonds is 2. The predicted octanol–water partition coefficient (Wildman–Crippen LogP) is 1.61. The molecule has 1 N–H and O–H groups in total.